The maximum atomic E-state index is 13.2. The maximum absolute atomic E-state index is 13.2. The van der Waals surface area contributed by atoms with Gasteiger partial charge in [-0.3, -0.25) is 4.79 Å². The molecule has 190 valence electrons. The minimum Gasteiger partial charge on any atom is -0.407 e. The van der Waals surface area contributed by atoms with Crippen LogP contribution in [0.1, 0.15) is 77.4 Å². The fraction of sp³-hybridized carbons (Fsp3) is 0.577. The van der Waals surface area contributed by atoms with E-state index >= 15 is 0 Å². The number of nitrogens with zero attached hydrogens (tertiary/aromatic N) is 3. The second kappa shape index (κ2) is 12.4. The van der Waals surface area contributed by atoms with Crippen molar-refractivity contribution >= 4 is 24.2 Å². The Kier molecular flexibility index (Phi) is 9.63. The molecule has 35 heavy (non-hydrogen) atoms. The summed E-state index contributed by atoms with van der Waals surface area (Å²) in [6, 6.07) is 7.66. The first kappa shape index (κ1) is 27.1. The summed E-state index contributed by atoms with van der Waals surface area (Å²) in [5.74, 6) is 0.983. The standard InChI is InChI=1S/C26H37BFN3O4/c1-19(2)25-29-23(35-30-25)12-7-6-8-15-31(24(32)14-13-20(3)28)22-11-9-10-21(16-22)27-33-17-26(4,5)18-34-27/h9-11,16,19H,3,6-8,12-15,17-18H2,1-2,4-5H3. The van der Waals surface area contributed by atoms with Gasteiger partial charge in [-0.15, -0.1) is 0 Å². The molecule has 0 bridgehead atoms. The Balaban J connectivity index is 1.61. The first-order valence-corrected chi connectivity index (χ1v) is 12.4. The van der Waals surface area contributed by atoms with Crippen molar-refractivity contribution in [3.63, 3.8) is 0 Å². The number of unbranched alkanes of at least 4 members (excludes halogenated alkanes) is 2. The molecule has 1 amide bonds. The summed E-state index contributed by atoms with van der Waals surface area (Å²) in [6.45, 7) is 13.3. The van der Waals surface area contributed by atoms with Gasteiger partial charge in [0, 0.05) is 56.0 Å². The zero-order chi connectivity index (χ0) is 25.4. The zero-order valence-corrected chi connectivity index (χ0v) is 21.4. The lowest BCUT2D eigenvalue weighted by Gasteiger charge is -2.33. The summed E-state index contributed by atoms with van der Waals surface area (Å²) >= 11 is 0. The SMILES string of the molecule is C=C(F)CCC(=O)N(CCCCCc1nc(C(C)C)no1)c1cccc(B2OCC(C)(C)CO2)c1. The van der Waals surface area contributed by atoms with Crippen LogP contribution in [-0.2, 0) is 20.5 Å². The highest BCUT2D eigenvalue weighted by molar-refractivity contribution is 6.61. The average Bonchev–Trinajstić information content (AvgIpc) is 3.29. The molecule has 2 heterocycles. The summed E-state index contributed by atoms with van der Waals surface area (Å²) in [6.07, 6.45) is 3.36. The number of carbonyl (C=O) groups is 1. The van der Waals surface area contributed by atoms with Crippen LogP contribution in [0, 0.1) is 5.41 Å². The van der Waals surface area contributed by atoms with Gasteiger partial charge in [-0.1, -0.05) is 58.0 Å². The van der Waals surface area contributed by atoms with Crippen molar-refractivity contribution in [2.24, 2.45) is 5.41 Å². The molecule has 0 radical (unpaired) electrons. The van der Waals surface area contributed by atoms with Crippen LogP contribution >= 0.6 is 0 Å². The molecule has 1 aliphatic heterocycles. The monoisotopic (exact) mass is 485 g/mol. The van der Waals surface area contributed by atoms with E-state index < -0.39 is 12.9 Å². The molecule has 1 aliphatic rings. The normalized spacial score (nSPS) is 15.4. The lowest BCUT2D eigenvalue weighted by atomic mass is 9.75. The quantitative estimate of drug-likeness (QED) is 0.312. The lowest BCUT2D eigenvalue weighted by molar-refractivity contribution is -0.118. The zero-order valence-electron chi connectivity index (χ0n) is 21.4. The van der Waals surface area contributed by atoms with Gasteiger partial charge < -0.3 is 18.7 Å². The molecule has 1 aromatic carbocycles. The average molecular weight is 485 g/mol. The maximum Gasteiger partial charge on any atom is 0.493 e. The number of carbonyl (C=O) groups excluding carboxylic acids is 1. The Morgan fingerprint density at radius 2 is 1.94 bits per heavy atom. The molecule has 7 nitrogen and oxygen atoms in total. The van der Waals surface area contributed by atoms with E-state index in [0.717, 1.165) is 36.2 Å². The van der Waals surface area contributed by atoms with Crippen LogP contribution in [0.3, 0.4) is 0 Å². The van der Waals surface area contributed by atoms with Gasteiger partial charge in [0.1, 0.15) is 0 Å². The van der Waals surface area contributed by atoms with Gasteiger partial charge in [-0.05, 0) is 30.4 Å². The minimum absolute atomic E-state index is 0.0221. The number of amides is 1. The van der Waals surface area contributed by atoms with Crippen LogP contribution in [0.5, 0.6) is 0 Å². The molecule has 0 saturated carbocycles. The predicted molar refractivity (Wildman–Crippen MR) is 135 cm³/mol. The fourth-order valence-electron chi connectivity index (χ4n) is 3.83. The smallest absolute Gasteiger partial charge is 0.407 e. The number of hydrogen-bond donors (Lipinski definition) is 0. The van der Waals surface area contributed by atoms with Gasteiger partial charge in [0.15, 0.2) is 5.82 Å². The molecule has 9 heteroatoms. The number of aryl methyl sites for hydroxylation is 1. The Bertz CT molecular complexity index is 984. The minimum atomic E-state index is -0.487. The van der Waals surface area contributed by atoms with Crippen molar-refractivity contribution < 1.29 is 23.0 Å². The van der Waals surface area contributed by atoms with Crippen LogP contribution in [0.15, 0.2) is 41.2 Å². The molecule has 3 rings (SSSR count). The van der Waals surface area contributed by atoms with Crippen LogP contribution in [0.25, 0.3) is 0 Å². The number of benzene rings is 1. The van der Waals surface area contributed by atoms with Gasteiger partial charge in [-0.25, -0.2) is 4.39 Å². The lowest BCUT2D eigenvalue weighted by Crippen LogP contribution is -2.47. The summed E-state index contributed by atoms with van der Waals surface area (Å²) in [7, 11) is -0.462. The topological polar surface area (TPSA) is 77.7 Å². The van der Waals surface area contributed by atoms with Crippen molar-refractivity contribution in [2.45, 2.75) is 72.1 Å². The molecule has 0 spiro atoms. The third-order valence-electron chi connectivity index (χ3n) is 5.89. The van der Waals surface area contributed by atoms with Gasteiger partial charge in [0.05, 0.1) is 5.83 Å². The van der Waals surface area contributed by atoms with E-state index in [1.807, 2.05) is 38.1 Å². The van der Waals surface area contributed by atoms with Crippen LogP contribution in [0.4, 0.5) is 10.1 Å². The van der Waals surface area contributed by atoms with E-state index in [2.05, 4.69) is 30.6 Å². The van der Waals surface area contributed by atoms with Gasteiger partial charge in [-0.2, -0.15) is 4.98 Å². The number of halogens is 1. The first-order valence-electron chi connectivity index (χ1n) is 12.4. The molecule has 0 N–H and O–H groups in total. The van der Waals surface area contributed by atoms with Crippen LogP contribution < -0.4 is 10.4 Å². The Morgan fingerprint density at radius 1 is 1.20 bits per heavy atom. The van der Waals surface area contributed by atoms with Gasteiger partial charge in [0.25, 0.3) is 0 Å². The third-order valence-corrected chi connectivity index (χ3v) is 5.89. The molecular weight excluding hydrogens is 448 g/mol. The number of rotatable bonds is 12. The van der Waals surface area contributed by atoms with Crippen molar-refractivity contribution in [2.75, 3.05) is 24.7 Å². The second-order valence-corrected chi connectivity index (χ2v) is 10.3. The molecule has 1 fully saturated rings. The molecule has 1 aromatic heterocycles. The molecule has 0 aliphatic carbocycles. The van der Waals surface area contributed by atoms with E-state index in [4.69, 9.17) is 13.8 Å². The third kappa shape index (κ3) is 8.28. The van der Waals surface area contributed by atoms with E-state index in [1.54, 1.807) is 4.90 Å². The van der Waals surface area contributed by atoms with E-state index in [9.17, 15) is 9.18 Å². The highest BCUT2D eigenvalue weighted by atomic mass is 19.1. The Morgan fingerprint density at radius 3 is 2.60 bits per heavy atom. The number of anilines is 1. The predicted octanol–water partition coefficient (Wildman–Crippen LogP) is 4.97. The molecular formula is C26H37BFN3O4. The number of aromatic nitrogens is 2. The van der Waals surface area contributed by atoms with Gasteiger partial charge >= 0.3 is 7.12 Å². The highest BCUT2D eigenvalue weighted by Gasteiger charge is 2.33. The molecule has 0 unspecified atom stereocenters. The van der Waals surface area contributed by atoms with Crippen molar-refractivity contribution in [1.82, 2.24) is 10.1 Å². The first-order chi connectivity index (χ1) is 16.6. The summed E-state index contributed by atoms with van der Waals surface area (Å²) in [5.41, 5.74) is 1.60. The number of allylic oxidation sites excluding steroid dienone is 1. The molecule has 1 saturated heterocycles. The summed E-state index contributed by atoms with van der Waals surface area (Å²) in [4.78, 5) is 19.1. The van der Waals surface area contributed by atoms with Crippen molar-refractivity contribution in [3.8, 4) is 0 Å². The Hall–Kier alpha value is -2.52. The van der Waals surface area contributed by atoms with Crippen LogP contribution in [-0.4, -0.2) is 42.9 Å². The number of hydrogen-bond acceptors (Lipinski definition) is 6. The molecule has 2 aromatic rings. The summed E-state index contributed by atoms with van der Waals surface area (Å²) in [5, 5.41) is 4.00. The second-order valence-electron chi connectivity index (χ2n) is 10.3. The van der Waals surface area contributed by atoms with Crippen molar-refractivity contribution in [3.05, 3.63) is 48.4 Å². The van der Waals surface area contributed by atoms with Gasteiger partial charge in [0.2, 0.25) is 11.8 Å². The highest BCUT2D eigenvalue weighted by Crippen LogP contribution is 2.23. The van der Waals surface area contributed by atoms with Crippen LogP contribution in [0.2, 0.25) is 0 Å². The van der Waals surface area contributed by atoms with E-state index in [1.165, 1.54) is 0 Å². The molecule has 0 atom stereocenters. The summed E-state index contributed by atoms with van der Waals surface area (Å²) < 4.78 is 30.4. The van der Waals surface area contributed by atoms with E-state index in [0.29, 0.717) is 32.1 Å². The van der Waals surface area contributed by atoms with Crippen molar-refractivity contribution in [1.29, 1.82) is 0 Å². The Labute approximate surface area is 208 Å². The fourth-order valence-corrected chi connectivity index (χ4v) is 3.83. The largest absolute Gasteiger partial charge is 0.493 e. The van der Waals surface area contributed by atoms with E-state index in [-0.39, 0.29) is 30.1 Å².